The number of carbonyl (C=O) groups is 5. The van der Waals surface area contributed by atoms with Crippen LogP contribution in [0.25, 0.3) is 0 Å². The molecule has 0 aliphatic rings. The highest BCUT2D eigenvalue weighted by molar-refractivity contribution is 5.94. The molecule has 0 aliphatic carbocycles. The number of nitrogens with two attached hydrogens (primary N) is 2. The predicted molar refractivity (Wildman–Crippen MR) is 100 cm³/mol. The lowest BCUT2D eigenvalue weighted by atomic mass is 10.0. The smallest absolute Gasteiger partial charge is 0.326 e. The van der Waals surface area contributed by atoms with Gasteiger partial charge in [-0.1, -0.05) is 30.3 Å². The summed E-state index contributed by atoms with van der Waals surface area (Å²) < 4.78 is 0. The number of benzene rings is 1. The molecule has 29 heavy (non-hydrogen) atoms. The molecule has 11 heteroatoms. The lowest BCUT2D eigenvalue weighted by Crippen LogP contribution is -2.55. The second-order valence-corrected chi connectivity index (χ2v) is 6.36. The minimum atomic E-state index is -1.51. The van der Waals surface area contributed by atoms with Crippen LogP contribution in [0.5, 0.6) is 0 Å². The average molecular weight is 408 g/mol. The van der Waals surface area contributed by atoms with Crippen LogP contribution in [0.3, 0.4) is 0 Å². The maximum Gasteiger partial charge on any atom is 0.326 e. The van der Waals surface area contributed by atoms with Gasteiger partial charge in [0.2, 0.25) is 17.7 Å². The number of carboxylic acids is 2. The molecule has 0 spiro atoms. The van der Waals surface area contributed by atoms with Crippen molar-refractivity contribution in [3.63, 3.8) is 0 Å². The summed E-state index contributed by atoms with van der Waals surface area (Å²) in [5, 5.41) is 22.2. The molecule has 11 nitrogen and oxygen atoms in total. The van der Waals surface area contributed by atoms with Gasteiger partial charge < -0.3 is 32.3 Å². The molecule has 0 heterocycles. The summed E-state index contributed by atoms with van der Waals surface area (Å²) in [6.45, 7) is 0. The number of carbonyl (C=O) groups excluding carboxylic acids is 3. The molecule has 0 aromatic heterocycles. The highest BCUT2D eigenvalue weighted by atomic mass is 16.4. The summed E-state index contributed by atoms with van der Waals surface area (Å²) in [5.74, 6) is -5.31. The summed E-state index contributed by atoms with van der Waals surface area (Å²) >= 11 is 0. The molecule has 0 radical (unpaired) electrons. The summed E-state index contributed by atoms with van der Waals surface area (Å²) in [5.41, 5.74) is 11.7. The topological polar surface area (TPSA) is 202 Å². The van der Waals surface area contributed by atoms with Gasteiger partial charge in [0.05, 0.1) is 12.5 Å². The Morgan fingerprint density at radius 1 is 0.931 bits per heavy atom. The van der Waals surface area contributed by atoms with Gasteiger partial charge in [-0.3, -0.25) is 19.2 Å². The maximum atomic E-state index is 12.4. The van der Waals surface area contributed by atoms with E-state index in [2.05, 4.69) is 10.6 Å². The molecule has 1 aromatic rings. The van der Waals surface area contributed by atoms with Gasteiger partial charge in [0.1, 0.15) is 12.1 Å². The molecule has 3 atom stereocenters. The molecule has 3 amide bonds. The van der Waals surface area contributed by atoms with Crippen LogP contribution in [0, 0.1) is 0 Å². The molecule has 0 bridgehead atoms. The fraction of sp³-hybridized carbons (Fsp3) is 0.389. The van der Waals surface area contributed by atoms with E-state index in [-0.39, 0.29) is 12.8 Å². The molecule has 158 valence electrons. The van der Waals surface area contributed by atoms with Crippen LogP contribution in [0.2, 0.25) is 0 Å². The Bertz CT molecular complexity index is 754. The van der Waals surface area contributed by atoms with E-state index in [1.54, 1.807) is 30.3 Å². The third kappa shape index (κ3) is 8.84. The number of hydrogen-bond acceptors (Lipinski definition) is 6. The van der Waals surface area contributed by atoms with E-state index in [0.717, 1.165) is 5.56 Å². The Kier molecular flexibility index (Phi) is 9.26. The Morgan fingerprint density at radius 2 is 1.52 bits per heavy atom. The molecule has 8 N–H and O–H groups in total. The van der Waals surface area contributed by atoms with Crippen molar-refractivity contribution >= 4 is 29.7 Å². The first-order chi connectivity index (χ1) is 13.6. The molecule has 0 aliphatic heterocycles. The standard InChI is InChI=1S/C18H24N4O7/c19-11(8-10-4-2-1-3-5-10)16(26)22-13(9-14(20)23)17(27)21-12(18(28)29)6-7-15(24)25/h1-5,11-13H,6-9,19H2,(H2,20,23)(H,21,27)(H,22,26)(H,24,25)(H,28,29). The van der Waals surface area contributed by atoms with Crippen molar-refractivity contribution in [3.05, 3.63) is 35.9 Å². The first kappa shape index (κ1) is 23.6. The fourth-order valence-electron chi connectivity index (χ4n) is 2.45. The van der Waals surface area contributed by atoms with Gasteiger partial charge in [0, 0.05) is 6.42 Å². The Hall–Kier alpha value is -3.47. The van der Waals surface area contributed by atoms with Crippen LogP contribution in [-0.4, -0.2) is 58.0 Å². The van der Waals surface area contributed by atoms with Crippen molar-refractivity contribution in [2.45, 2.75) is 43.8 Å². The lowest BCUT2D eigenvalue weighted by molar-refractivity contribution is -0.143. The minimum absolute atomic E-state index is 0.175. The summed E-state index contributed by atoms with van der Waals surface area (Å²) in [4.78, 5) is 57.8. The summed E-state index contributed by atoms with van der Waals surface area (Å²) in [6.07, 6.45) is -1.28. The lowest BCUT2D eigenvalue weighted by Gasteiger charge is -2.22. The van der Waals surface area contributed by atoms with E-state index in [4.69, 9.17) is 21.7 Å². The van der Waals surface area contributed by atoms with Crippen molar-refractivity contribution in [1.29, 1.82) is 0 Å². The highest BCUT2D eigenvalue weighted by Gasteiger charge is 2.29. The zero-order valence-electron chi connectivity index (χ0n) is 15.5. The Balaban J connectivity index is 2.79. The normalized spacial score (nSPS) is 13.6. The number of amides is 3. The van der Waals surface area contributed by atoms with Crippen molar-refractivity contribution in [2.75, 3.05) is 0 Å². The van der Waals surface area contributed by atoms with Crippen molar-refractivity contribution in [3.8, 4) is 0 Å². The first-order valence-corrected chi connectivity index (χ1v) is 8.73. The molecule has 0 saturated carbocycles. The van der Waals surface area contributed by atoms with Crippen LogP contribution in [-0.2, 0) is 30.4 Å². The average Bonchev–Trinajstić information content (AvgIpc) is 2.64. The van der Waals surface area contributed by atoms with E-state index in [1.165, 1.54) is 0 Å². The molecular formula is C18H24N4O7. The van der Waals surface area contributed by atoms with Crippen molar-refractivity contribution in [1.82, 2.24) is 10.6 Å². The number of primary amides is 1. The van der Waals surface area contributed by atoms with Gasteiger partial charge in [0.15, 0.2) is 0 Å². The first-order valence-electron chi connectivity index (χ1n) is 8.73. The van der Waals surface area contributed by atoms with Crippen LogP contribution in [0.4, 0.5) is 0 Å². The molecular weight excluding hydrogens is 384 g/mol. The third-order valence-electron chi connectivity index (χ3n) is 3.93. The molecule has 1 aromatic carbocycles. The number of carboxylic acid groups (broad SMARTS) is 2. The Labute approximate surface area is 166 Å². The molecule has 0 fully saturated rings. The van der Waals surface area contributed by atoms with E-state index in [0.29, 0.717) is 0 Å². The van der Waals surface area contributed by atoms with Gasteiger partial charge in [0.25, 0.3) is 0 Å². The quantitative estimate of drug-likeness (QED) is 0.236. The van der Waals surface area contributed by atoms with Crippen molar-refractivity contribution < 1.29 is 34.2 Å². The van der Waals surface area contributed by atoms with E-state index < -0.39 is 60.6 Å². The van der Waals surface area contributed by atoms with Crippen LogP contribution in [0.1, 0.15) is 24.8 Å². The van der Waals surface area contributed by atoms with E-state index >= 15 is 0 Å². The van der Waals surface area contributed by atoms with E-state index in [1.807, 2.05) is 0 Å². The van der Waals surface area contributed by atoms with Gasteiger partial charge >= 0.3 is 11.9 Å². The molecule has 3 unspecified atom stereocenters. The monoisotopic (exact) mass is 408 g/mol. The number of rotatable bonds is 12. The van der Waals surface area contributed by atoms with E-state index in [9.17, 15) is 24.0 Å². The largest absolute Gasteiger partial charge is 0.481 e. The van der Waals surface area contributed by atoms with Crippen LogP contribution >= 0.6 is 0 Å². The summed E-state index contributed by atoms with van der Waals surface area (Å²) in [7, 11) is 0. The SMILES string of the molecule is NC(=O)CC(NC(=O)C(N)Cc1ccccc1)C(=O)NC(CCC(=O)O)C(=O)O. The number of nitrogens with one attached hydrogen (secondary N) is 2. The van der Waals surface area contributed by atoms with Gasteiger partial charge in [-0.25, -0.2) is 4.79 Å². The van der Waals surface area contributed by atoms with Gasteiger partial charge in [-0.15, -0.1) is 0 Å². The third-order valence-corrected chi connectivity index (χ3v) is 3.93. The van der Waals surface area contributed by atoms with Gasteiger partial charge in [-0.2, -0.15) is 0 Å². The minimum Gasteiger partial charge on any atom is -0.481 e. The fourth-order valence-corrected chi connectivity index (χ4v) is 2.45. The van der Waals surface area contributed by atoms with Crippen LogP contribution < -0.4 is 22.1 Å². The maximum absolute atomic E-state index is 12.4. The van der Waals surface area contributed by atoms with Crippen LogP contribution in [0.15, 0.2) is 30.3 Å². The second-order valence-electron chi connectivity index (χ2n) is 6.36. The number of aliphatic carboxylic acids is 2. The Morgan fingerprint density at radius 3 is 2.03 bits per heavy atom. The summed E-state index contributed by atoms with van der Waals surface area (Å²) in [6, 6.07) is 4.88. The second kappa shape index (κ2) is 11.4. The predicted octanol–water partition coefficient (Wildman–Crippen LogP) is -1.65. The zero-order valence-corrected chi connectivity index (χ0v) is 15.5. The zero-order chi connectivity index (χ0) is 22.0. The molecule has 0 saturated heterocycles. The number of hydrogen-bond donors (Lipinski definition) is 6. The van der Waals surface area contributed by atoms with Crippen molar-refractivity contribution in [2.24, 2.45) is 11.5 Å². The molecule has 1 rings (SSSR count). The van der Waals surface area contributed by atoms with Gasteiger partial charge in [-0.05, 0) is 18.4 Å². The highest BCUT2D eigenvalue weighted by Crippen LogP contribution is 2.04.